The minimum Gasteiger partial charge on any atom is -0.395 e. The van der Waals surface area contributed by atoms with Crippen LogP contribution in [0.25, 0.3) is 0 Å². The molecule has 1 rings (SSSR count). The Bertz CT molecular complexity index is 391. The van der Waals surface area contributed by atoms with Crippen LogP contribution < -0.4 is 10.6 Å². The van der Waals surface area contributed by atoms with Gasteiger partial charge in [-0.2, -0.15) is 0 Å². The highest BCUT2D eigenvalue weighted by Crippen LogP contribution is 2.10. The van der Waals surface area contributed by atoms with E-state index in [-0.39, 0.29) is 11.6 Å². The van der Waals surface area contributed by atoms with Gasteiger partial charge < -0.3 is 15.7 Å². The van der Waals surface area contributed by atoms with Gasteiger partial charge in [0.2, 0.25) is 5.95 Å². The van der Waals surface area contributed by atoms with Crippen molar-refractivity contribution < 1.29 is 5.11 Å². The van der Waals surface area contributed by atoms with Crippen molar-refractivity contribution in [2.24, 2.45) is 5.73 Å². The Morgan fingerprint density at radius 3 is 2.71 bits per heavy atom. The topological polar surface area (TPSA) is 75.3 Å². The number of nitrogens with two attached hydrogens (primary N) is 1. The van der Waals surface area contributed by atoms with Crippen molar-refractivity contribution in [2.75, 3.05) is 24.6 Å². The minimum absolute atomic E-state index is 0.0692. The van der Waals surface area contributed by atoms with Crippen LogP contribution in [-0.2, 0) is 0 Å². The smallest absolute Gasteiger partial charge is 0.226 e. The van der Waals surface area contributed by atoms with Gasteiger partial charge in [-0.15, -0.1) is 0 Å². The predicted octanol–water partition coefficient (Wildman–Crippen LogP) is 0.628. The van der Waals surface area contributed by atoms with E-state index in [4.69, 9.17) is 23.1 Å². The van der Waals surface area contributed by atoms with Crippen molar-refractivity contribution in [3.8, 4) is 0 Å². The molecule has 0 aliphatic heterocycles. The van der Waals surface area contributed by atoms with Crippen LogP contribution in [0, 0.1) is 6.92 Å². The second-order valence-electron chi connectivity index (χ2n) is 3.77. The summed E-state index contributed by atoms with van der Waals surface area (Å²) in [6.45, 7) is 5.30. The zero-order valence-corrected chi connectivity index (χ0v) is 11.0. The van der Waals surface area contributed by atoms with Gasteiger partial charge in [0.15, 0.2) is 0 Å². The maximum absolute atomic E-state index is 9.02. The van der Waals surface area contributed by atoms with Gasteiger partial charge in [-0.1, -0.05) is 19.1 Å². The molecule has 0 aliphatic carbocycles. The van der Waals surface area contributed by atoms with Gasteiger partial charge in [-0.05, 0) is 19.4 Å². The molecule has 1 heterocycles. The molecule has 0 saturated heterocycles. The fraction of sp³-hybridized carbons (Fsp3) is 0.545. The summed E-state index contributed by atoms with van der Waals surface area (Å²) in [5.74, 6) is 0.573. The van der Waals surface area contributed by atoms with E-state index < -0.39 is 0 Å². The molecular formula is C11H18N4OS. The molecule has 0 fully saturated rings. The summed E-state index contributed by atoms with van der Waals surface area (Å²) in [6.07, 6.45) is 0.958. The fourth-order valence-corrected chi connectivity index (χ4v) is 1.63. The summed E-state index contributed by atoms with van der Waals surface area (Å²) in [5, 5.41) is 9.02. The lowest BCUT2D eigenvalue weighted by Crippen LogP contribution is -2.30. The van der Waals surface area contributed by atoms with Gasteiger partial charge in [-0.25, -0.2) is 9.97 Å². The van der Waals surface area contributed by atoms with Crippen LogP contribution in [0.2, 0.25) is 0 Å². The Morgan fingerprint density at radius 1 is 1.47 bits per heavy atom. The molecule has 1 aromatic rings. The molecular weight excluding hydrogens is 236 g/mol. The monoisotopic (exact) mass is 254 g/mol. The first kappa shape index (κ1) is 13.8. The molecule has 0 amide bonds. The van der Waals surface area contributed by atoms with Crippen LogP contribution in [0.5, 0.6) is 0 Å². The van der Waals surface area contributed by atoms with Crippen LogP contribution in [-0.4, -0.2) is 39.8 Å². The molecule has 0 atom stereocenters. The first-order valence-corrected chi connectivity index (χ1v) is 6.00. The number of thiocarbonyl (C=S) groups is 1. The maximum atomic E-state index is 9.02. The summed E-state index contributed by atoms with van der Waals surface area (Å²) in [5.41, 5.74) is 6.96. The molecule has 0 saturated carbocycles. The summed E-state index contributed by atoms with van der Waals surface area (Å²) >= 11 is 4.92. The summed E-state index contributed by atoms with van der Waals surface area (Å²) in [4.78, 5) is 10.8. The van der Waals surface area contributed by atoms with Crippen molar-refractivity contribution in [1.29, 1.82) is 0 Å². The van der Waals surface area contributed by atoms with E-state index in [1.807, 2.05) is 11.8 Å². The van der Waals surface area contributed by atoms with Crippen molar-refractivity contribution in [2.45, 2.75) is 20.3 Å². The highest BCUT2D eigenvalue weighted by Gasteiger charge is 2.11. The average Bonchev–Trinajstić information content (AvgIpc) is 2.28. The second-order valence-corrected chi connectivity index (χ2v) is 4.21. The molecule has 3 N–H and O–H groups in total. The zero-order chi connectivity index (χ0) is 12.8. The number of hydrogen-bond acceptors (Lipinski definition) is 5. The van der Waals surface area contributed by atoms with Gasteiger partial charge in [0.05, 0.1) is 6.61 Å². The predicted molar refractivity (Wildman–Crippen MR) is 72.2 cm³/mol. The quantitative estimate of drug-likeness (QED) is 0.725. The van der Waals surface area contributed by atoms with Crippen LogP contribution in [0.4, 0.5) is 5.95 Å². The van der Waals surface area contributed by atoms with Crippen molar-refractivity contribution in [1.82, 2.24) is 9.97 Å². The van der Waals surface area contributed by atoms with Gasteiger partial charge in [0, 0.05) is 18.8 Å². The molecule has 0 radical (unpaired) electrons. The van der Waals surface area contributed by atoms with Gasteiger partial charge in [0.1, 0.15) is 10.7 Å². The molecule has 0 aliphatic rings. The Balaban J connectivity index is 3.04. The molecule has 0 unspecified atom stereocenters. The highest BCUT2D eigenvalue weighted by molar-refractivity contribution is 7.80. The largest absolute Gasteiger partial charge is 0.395 e. The zero-order valence-electron chi connectivity index (χ0n) is 10.2. The lowest BCUT2D eigenvalue weighted by Gasteiger charge is -2.21. The van der Waals surface area contributed by atoms with Crippen molar-refractivity contribution in [3.05, 3.63) is 17.5 Å². The van der Waals surface area contributed by atoms with E-state index in [1.165, 1.54) is 0 Å². The first-order chi connectivity index (χ1) is 8.08. The third kappa shape index (κ3) is 3.90. The average molecular weight is 254 g/mol. The number of aryl methyl sites for hydroxylation is 1. The first-order valence-electron chi connectivity index (χ1n) is 5.59. The molecule has 1 aromatic heterocycles. The minimum atomic E-state index is 0.0692. The maximum Gasteiger partial charge on any atom is 0.226 e. The van der Waals surface area contributed by atoms with Gasteiger partial charge in [0.25, 0.3) is 0 Å². The number of aliphatic hydroxyl groups is 1. The summed E-state index contributed by atoms with van der Waals surface area (Å²) in [7, 11) is 0. The number of aromatic nitrogens is 2. The van der Waals surface area contributed by atoms with Crippen LogP contribution in [0.3, 0.4) is 0 Å². The third-order valence-electron chi connectivity index (χ3n) is 2.24. The van der Waals surface area contributed by atoms with Crippen molar-refractivity contribution >= 4 is 23.2 Å². The number of rotatable bonds is 6. The van der Waals surface area contributed by atoms with E-state index >= 15 is 0 Å². The Hall–Kier alpha value is -1.27. The standard InChI is InChI=1S/C11H18N4OS/c1-3-4-15(5-6-16)11-13-8(2)7-9(14-11)10(12)17/h7,16H,3-6H2,1-2H3,(H2,12,17). The number of nitrogens with zero attached hydrogens (tertiary/aromatic N) is 3. The Morgan fingerprint density at radius 2 is 2.18 bits per heavy atom. The van der Waals surface area contributed by atoms with Gasteiger partial charge >= 0.3 is 0 Å². The van der Waals surface area contributed by atoms with Crippen LogP contribution >= 0.6 is 12.2 Å². The SMILES string of the molecule is CCCN(CCO)c1nc(C)cc(C(N)=S)n1. The van der Waals surface area contributed by atoms with Crippen LogP contribution in [0.15, 0.2) is 6.07 Å². The van der Waals surface area contributed by atoms with Crippen LogP contribution in [0.1, 0.15) is 24.7 Å². The lowest BCUT2D eigenvalue weighted by molar-refractivity contribution is 0.301. The van der Waals surface area contributed by atoms with E-state index in [0.29, 0.717) is 18.2 Å². The van der Waals surface area contributed by atoms with Crippen molar-refractivity contribution in [3.63, 3.8) is 0 Å². The third-order valence-corrected chi connectivity index (χ3v) is 2.45. The Kier molecular flexibility index (Phi) is 5.24. The van der Waals surface area contributed by atoms with E-state index in [1.54, 1.807) is 6.07 Å². The highest BCUT2D eigenvalue weighted by atomic mass is 32.1. The van der Waals surface area contributed by atoms with E-state index in [2.05, 4.69) is 16.9 Å². The molecule has 94 valence electrons. The molecule has 0 aromatic carbocycles. The fourth-order valence-electron chi connectivity index (χ4n) is 1.52. The summed E-state index contributed by atoms with van der Waals surface area (Å²) in [6, 6.07) is 1.76. The van der Waals surface area contributed by atoms with E-state index in [0.717, 1.165) is 18.7 Å². The molecule has 0 spiro atoms. The van der Waals surface area contributed by atoms with E-state index in [9.17, 15) is 0 Å². The number of aliphatic hydroxyl groups excluding tert-OH is 1. The summed E-state index contributed by atoms with van der Waals surface area (Å²) < 4.78 is 0. The molecule has 5 nitrogen and oxygen atoms in total. The molecule has 0 bridgehead atoms. The van der Waals surface area contributed by atoms with Gasteiger partial charge in [-0.3, -0.25) is 0 Å². The second kappa shape index (κ2) is 6.46. The normalized spacial score (nSPS) is 10.3. The Labute approximate surface area is 107 Å². The number of anilines is 1. The number of hydrogen-bond donors (Lipinski definition) is 2. The molecule has 6 heteroatoms. The lowest BCUT2D eigenvalue weighted by atomic mass is 10.3. The molecule has 17 heavy (non-hydrogen) atoms.